The summed E-state index contributed by atoms with van der Waals surface area (Å²) in [4.78, 5) is 16.6. The zero-order chi connectivity index (χ0) is 23.8. The minimum atomic E-state index is -0.307. The van der Waals surface area contributed by atoms with Crippen LogP contribution in [0.15, 0.2) is 72.8 Å². The van der Waals surface area contributed by atoms with Crippen molar-refractivity contribution < 1.29 is 23.7 Å². The Bertz CT molecular complexity index is 1060. The van der Waals surface area contributed by atoms with Gasteiger partial charge in [0, 0.05) is 50.1 Å². The average molecular weight is 463 g/mol. The van der Waals surface area contributed by atoms with E-state index in [2.05, 4.69) is 4.90 Å². The van der Waals surface area contributed by atoms with Crippen LogP contribution in [0.25, 0.3) is 0 Å². The molecule has 0 N–H and O–H groups in total. The van der Waals surface area contributed by atoms with Crippen LogP contribution in [0.4, 0.5) is 10.5 Å². The Balaban J connectivity index is 1.26. The topological polar surface area (TPSA) is 60.5 Å². The fraction of sp³-hybridized carbons (Fsp3) is 0.296. The summed E-state index contributed by atoms with van der Waals surface area (Å²) in [7, 11) is 3.27. The molecule has 1 amide bonds. The smallest absolute Gasteiger partial charge is 0.410 e. The highest BCUT2D eigenvalue weighted by Gasteiger charge is 2.23. The van der Waals surface area contributed by atoms with E-state index in [1.807, 2.05) is 72.8 Å². The predicted octanol–water partition coefficient (Wildman–Crippen LogP) is 4.74. The second-order valence-electron chi connectivity index (χ2n) is 8.02. The van der Waals surface area contributed by atoms with Crippen LogP contribution in [0.2, 0.25) is 0 Å². The van der Waals surface area contributed by atoms with Gasteiger partial charge in [0.15, 0.2) is 0 Å². The Hall–Kier alpha value is -3.87. The second-order valence-corrected chi connectivity index (χ2v) is 8.02. The normalized spacial score (nSPS) is 13.4. The average Bonchev–Trinajstić information content (AvgIpc) is 2.91. The van der Waals surface area contributed by atoms with Crippen LogP contribution in [-0.2, 0) is 18.0 Å². The second kappa shape index (κ2) is 11.3. The van der Waals surface area contributed by atoms with E-state index in [9.17, 15) is 4.79 Å². The molecular formula is C27H30N2O5. The molecule has 0 atom stereocenters. The molecule has 1 heterocycles. The number of hydrogen-bond donors (Lipinski definition) is 0. The van der Waals surface area contributed by atoms with E-state index in [-0.39, 0.29) is 12.7 Å². The molecule has 0 bridgehead atoms. The summed E-state index contributed by atoms with van der Waals surface area (Å²) in [5.41, 5.74) is 3.00. The Morgan fingerprint density at radius 1 is 0.735 bits per heavy atom. The highest BCUT2D eigenvalue weighted by Crippen LogP contribution is 2.29. The van der Waals surface area contributed by atoms with Crippen LogP contribution in [0, 0.1) is 0 Å². The summed E-state index contributed by atoms with van der Waals surface area (Å²) in [5.74, 6) is 2.23. The van der Waals surface area contributed by atoms with E-state index < -0.39 is 0 Å². The first kappa shape index (κ1) is 23.3. The maximum atomic E-state index is 12.6. The van der Waals surface area contributed by atoms with Gasteiger partial charge >= 0.3 is 6.09 Å². The highest BCUT2D eigenvalue weighted by atomic mass is 16.6. The van der Waals surface area contributed by atoms with Crippen molar-refractivity contribution in [2.45, 2.75) is 13.2 Å². The fourth-order valence-corrected chi connectivity index (χ4v) is 3.82. The monoisotopic (exact) mass is 462 g/mol. The SMILES string of the molecule is COc1cc(OC)cc(N2CCN(C(=O)OCc3cccc(OCc4ccccc4)c3)CC2)c1. The summed E-state index contributed by atoms with van der Waals surface area (Å²) in [5, 5.41) is 0. The maximum absolute atomic E-state index is 12.6. The Labute approximate surface area is 200 Å². The van der Waals surface area contributed by atoms with Crippen LogP contribution >= 0.6 is 0 Å². The molecule has 1 aliphatic rings. The van der Waals surface area contributed by atoms with Crippen molar-refractivity contribution in [3.8, 4) is 17.2 Å². The molecule has 4 rings (SSSR count). The summed E-state index contributed by atoms with van der Waals surface area (Å²) in [6, 6.07) is 23.4. The molecule has 3 aromatic rings. The molecule has 178 valence electrons. The first-order valence-corrected chi connectivity index (χ1v) is 11.3. The third-order valence-electron chi connectivity index (χ3n) is 5.75. The number of anilines is 1. The van der Waals surface area contributed by atoms with Crippen LogP contribution in [0.5, 0.6) is 17.2 Å². The van der Waals surface area contributed by atoms with Gasteiger partial charge in [-0.1, -0.05) is 42.5 Å². The summed E-state index contributed by atoms with van der Waals surface area (Å²) < 4.78 is 22.2. The summed E-state index contributed by atoms with van der Waals surface area (Å²) >= 11 is 0. The number of nitrogens with zero attached hydrogens (tertiary/aromatic N) is 2. The number of carbonyl (C=O) groups is 1. The lowest BCUT2D eigenvalue weighted by Crippen LogP contribution is -2.48. The number of piperazine rings is 1. The van der Waals surface area contributed by atoms with E-state index in [0.717, 1.165) is 34.1 Å². The van der Waals surface area contributed by atoms with Crippen molar-refractivity contribution in [1.29, 1.82) is 0 Å². The number of rotatable bonds is 8. The molecule has 7 heteroatoms. The summed E-state index contributed by atoms with van der Waals surface area (Å²) in [6.45, 7) is 3.27. The predicted molar refractivity (Wildman–Crippen MR) is 131 cm³/mol. The third kappa shape index (κ3) is 6.13. The molecule has 0 spiro atoms. The lowest BCUT2D eigenvalue weighted by atomic mass is 10.2. The van der Waals surface area contributed by atoms with Gasteiger partial charge in [0.1, 0.15) is 30.5 Å². The number of benzene rings is 3. The standard InChI is InChI=1S/C27H30N2O5/c1-31-25-16-23(17-26(18-25)32-2)28-11-13-29(14-12-28)27(30)34-20-22-9-6-10-24(15-22)33-19-21-7-4-3-5-8-21/h3-10,15-18H,11-14,19-20H2,1-2H3. The quantitative estimate of drug-likeness (QED) is 0.482. The van der Waals surface area contributed by atoms with Crippen LogP contribution < -0.4 is 19.1 Å². The molecule has 0 aliphatic carbocycles. The van der Waals surface area contributed by atoms with Gasteiger partial charge in [0.25, 0.3) is 0 Å². The number of methoxy groups -OCH3 is 2. The van der Waals surface area contributed by atoms with Gasteiger partial charge in [0.05, 0.1) is 14.2 Å². The zero-order valence-corrected chi connectivity index (χ0v) is 19.6. The molecule has 1 fully saturated rings. The molecule has 1 aliphatic heterocycles. The van der Waals surface area contributed by atoms with Gasteiger partial charge in [-0.2, -0.15) is 0 Å². The lowest BCUT2D eigenvalue weighted by Gasteiger charge is -2.35. The van der Waals surface area contributed by atoms with Crippen LogP contribution in [0.1, 0.15) is 11.1 Å². The molecule has 0 saturated carbocycles. The van der Waals surface area contributed by atoms with E-state index >= 15 is 0 Å². The van der Waals surface area contributed by atoms with Crippen LogP contribution in [0.3, 0.4) is 0 Å². The molecule has 0 aromatic heterocycles. The molecule has 0 unspecified atom stereocenters. The molecular weight excluding hydrogens is 432 g/mol. The Morgan fingerprint density at radius 2 is 1.41 bits per heavy atom. The zero-order valence-electron chi connectivity index (χ0n) is 19.6. The lowest BCUT2D eigenvalue weighted by molar-refractivity contribution is 0.0941. The minimum absolute atomic E-state index is 0.203. The number of amides is 1. The molecule has 0 radical (unpaired) electrons. The number of ether oxygens (including phenoxy) is 4. The Morgan fingerprint density at radius 3 is 2.09 bits per heavy atom. The first-order chi connectivity index (χ1) is 16.6. The van der Waals surface area contributed by atoms with Gasteiger partial charge in [0.2, 0.25) is 0 Å². The van der Waals surface area contributed by atoms with Crippen molar-refractivity contribution in [1.82, 2.24) is 4.90 Å². The molecule has 3 aromatic carbocycles. The van der Waals surface area contributed by atoms with Gasteiger partial charge in [-0.15, -0.1) is 0 Å². The Kier molecular flexibility index (Phi) is 7.75. The van der Waals surface area contributed by atoms with Gasteiger partial charge in [-0.05, 0) is 23.3 Å². The largest absolute Gasteiger partial charge is 0.497 e. The van der Waals surface area contributed by atoms with Gasteiger partial charge in [-0.25, -0.2) is 4.79 Å². The van der Waals surface area contributed by atoms with Gasteiger partial charge < -0.3 is 28.7 Å². The van der Waals surface area contributed by atoms with Crippen molar-refractivity contribution >= 4 is 11.8 Å². The number of hydrogen-bond acceptors (Lipinski definition) is 6. The van der Waals surface area contributed by atoms with E-state index in [1.165, 1.54) is 0 Å². The third-order valence-corrected chi connectivity index (χ3v) is 5.75. The fourth-order valence-electron chi connectivity index (χ4n) is 3.82. The molecule has 7 nitrogen and oxygen atoms in total. The van der Waals surface area contributed by atoms with E-state index in [0.29, 0.717) is 32.8 Å². The van der Waals surface area contributed by atoms with Crippen molar-refractivity contribution in [2.24, 2.45) is 0 Å². The molecule has 1 saturated heterocycles. The first-order valence-electron chi connectivity index (χ1n) is 11.3. The summed E-state index contributed by atoms with van der Waals surface area (Å²) in [6.07, 6.45) is -0.307. The van der Waals surface area contributed by atoms with Crippen molar-refractivity contribution in [3.63, 3.8) is 0 Å². The molecule has 34 heavy (non-hydrogen) atoms. The minimum Gasteiger partial charge on any atom is -0.497 e. The van der Waals surface area contributed by atoms with Gasteiger partial charge in [-0.3, -0.25) is 0 Å². The highest BCUT2D eigenvalue weighted by molar-refractivity contribution is 5.68. The van der Waals surface area contributed by atoms with Crippen molar-refractivity contribution in [3.05, 3.63) is 83.9 Å². The maximum Gasteiger partial charge on any atom is 0.410 e. The van der Waals surface area contributed by atoms with E-state index in [4.69, 9.17) is 18.9 Å². The van der Waals surface area contributed by atoms with Crippen molar-refractivity contribution in [2.75, 3.05) is 45.3 Å². The van der Waals surface area contributed by atoms with E-state index in [1.54, 1.807) is 19.1 Å². The number of carbonyl (C=O) groups excluding carboxylic acids is 1. The van der Waals surface area contributed by atoms with Crippen LogP contribution in [-0.4, -0.2) is 51.4 Å².